The van der Waals surface area contributed by atoms with Crippen molar-refractivity contribution in [2.24, 2.45) is 5.41 Å². The third kappa shape index (κ3) is 2.48. The van der Waals surface area contributed by atoms with E-state index < -0.39 is 5.41 Å². The molecule has 0 saturated heterocycles. The normalized spacial score (nSPS) is 20.6. The highest BCUT2D eigenvalue weighted by Gasteiger charge is 2.41. The molecule has 15 heavy (non-hydrogen) atoms. The van der Waals surface area contributed by atoms with Crippen LogP contribution >= 0.6 is 0 Å². The minimum absolute atomic E-state index is 0.0657. The number of nitrogens with zero attached hydrogens (tertiary/aromatic N) is 1. The zero-order chi connectivity index (χ0) is 11.3. The summed E-state index contributed by atoms with van der Waals surface area (Å²) in [5.74, 6) is -0.205. The van der Waals surface area contributed by atoms with E-state index in [9.17, 15) is 4.79 Å². The van der Waals surface area contributed by atoms with Gasteiger partial charge in [0.15, 0.2) is 0 Å². The van der Waals surface area contributed by atoms with Crippen LogP contribution in [-0.2, 0) is 4.79 Å². The molecule has 2 N–H and O–H groups in total. The van der Waals surface area contributed by atoms with Crippen molar-refractivity contribution in [3.05, 3.63) is 0 Å². The van der Waals surface area contributed by atoms with Crippen LogP contribution in [0.1, 0.15) is 39.0 Å². The molecule has 1 saturated carbocycles. The Bertz CT molecular complexity index is 260. The van der Waals surface area contributed by atoms with Gasteiger partial charge in [-0.2, -0.15) is 5.26 Å². The van der Waals surface area contributed by atoms with Gasteiger partial charge in [0.05, 0.1) is 18.7 Å². The van der Waals surface area contributed by atoms with E-state index in [1.807, 2.05) is 6.92 Å². The zero-order valence-corrected chi connectivity index (χ0v) is 9.12. The standard InChI is InChI=1S/C11H18N2O2/c1-2-9(7-14)13-10(15)11(8-12)5-3-4-6-11/h9,14H,2-7H2,1H3,(H,13,15)/t9-/m0/s1. The molecule has 1 aliphatic rings. The second kappa shape index (κ2) is 5.13. The maximum absolute atomic E-state index is 11.9. The van der Waals surface area contributed by atoms with Crippen LogP contribution in [0.25, 0.3) is 0 Å². The molecule has 1 aliphatic carbocycles. The van der Waals surface area contributed by atoms with Crippen molar-refractivity contribution in [2.75, 3.05) is 6.61 Å². The van der Waals surface area contributed by atoms with E-state index in [4.69, 9.17) is 10.4 Å². The maximum Gasteiger partial charge on any atom is 0.240 e. The average molecular weight is 210 g/mol. The van der Waals surface area contributed by atoms with E-state index >= 15 is 0 Å². The van der Waals surface area contributed by atoms with Crippen molar-refractivity contribution in [2.45, 2.75) is 45.1 Å². The fraction of sp³-hybridized carbons (Fsp3) is 0.818. The van der Waals surface area contributed by atoms with Crippen LogP contribution in [-0.4, -0.2) is 23.7 Å². The number of hydrogen-bond acceptors (Lipinski definition) is 3. The predicted octanol–water partition coefficient (Wildman–Crippen LogP) is 0.957. The van der Waals surface area contributed by atoms with Crippen LogP contribution in [0.3, 0.4) is 0 Å². The Morgan fingerprint density at radius 1 is 1.60 bits per heavy atom. The lowest BCUT2D eigenvalue weighted by molar-refractivity contribution is -0.129. The van der Waals surface area contributed by atoms with Gasteiger partial charge in [0.1, 0.15) is 5.41 Å². The molecule has 1 rings (SSSR count). The molecule has 1 atom stereocenters. The number of carbonyl (C=O) groups is 1. The second-order valence-electron chi connectivity index (χ2n) is 4.16. The van der Waals surface area contributed by atoms with Crippen LogP contribution in [0.15, 0.2) is 0 Å². The van der Waals surface area contributed by atoms with Gasteiger partial charge < -0.3 is 10.4 Å². The van der Waals surface area contributed by atoms with Gasteiger partial charge in [0.2, 0.25) is 5.91 Å². The number of rotatable bonds is 4. The number of amides is 1. The topological polar surface area (TPSA) is 73.1 Å². The summed E-state index contributed by atoms with van der Waals surface area (Å²) in [6.07, 6.45) is 3.87. The summed E-state index contributed by atoms with van der Waals surface area (Å²) in [5.41, 5.74) is -0.831. The van der Waals surface area contributed by atoms with Gasteiger partial charge in [0.25, 0.3) is 0 Å². The predicted molar refractivity (Wildman–Crippen MR) is 55.8 cm³/mol. The van der Waals surface area contributed by atoms with Crippen LogP contribution < -0.4 is 5.32 Å². The zero-order valence-electron chi connectivity index (χ0n) is 9.12. The molecule has 1 fully saturated rings. The molecule has 0 radical (unpaired) electrons. The monoisotopic (exact) mass is 210 g/mol. The summed E-state index contributed by atoms with van der Waals surface area (Å²) in [6, 6.07) is 1.92. The molecule has 4 heteroatoms. The van der Waals surface area contributed by atoms with Crippen molar-refractivity contribution in [3.8, 4) is 6.07 Å². The lowest BCUT2D eigenvalue weighted by Gasteiger charge is -2.22. The summed E-state index contributed by atoms with van der Waals surface area (Å²) >= 11 is 0. The van der Waals surface area contributed by atoms with Gasteiger partial charge in [-0.1, -0.05) is 19.8 Å². The number of hydrogen-bond donors (Lipinski definition) is 2. The number of nitriles is 1. The smallest absolute Gasteiger partial charge is 0.240 e. The van der Waals surface area contributed by atoms with Crippen LogP contribution in [0.5, 0.6) is 0 Å². The first-order chi connectivity index (χ1) is 7.18. The van der Waals surface area contributed by atoms with Gasteiger partial charge >= 0.3 is 0 Å². The van der Waals surface area contributed by atoms with Crippen molar-refractivity contribution in [3.63, 3.8) is 0 Å². The van der Waals surface area contributed by atoms with Crippen LogP contribution in [0.4, 0.5) is 0 Å². The summed E-state index contributed by atoms with van der Waals surface area (Å²) in [6.45, 7) is 1.83. The highest BCUT2D eigenvalue weighted by atomic mass is 16.3. The van der Waals surface area contributed by atoms with Crippen molar-refractivity contribution in [1.29, 1.82) is 5.26 Å². The number of nitrogens with one attached hydrogen (secondary N) is 1. The highest BCUT2D eigenvalue weighted by molar-refractivity contribution is 5.85. The van der Waals surface area contributed by atoms with E-state index in [1.165, 1.54) is 0 Å². The molecule has 0 bridgehead atoms. The molecule has 84 valence electrons. The molecule has 0 unspecified atom stereocenters. The second-order valence-corrected chi connectivity index (χ2v) is 4.16. The molecule has 1 amide bonds. The molecule has 0 aromatic heterocycles. The molecule has 4 nitrogen and oxygen atoms in total. The van der Waals surface area contributed by atoms with E-state index in [0.29, 0.717) is 19.3 Å². The lowest BCUT2D eigenvalue weighted by atomic mass is 9.86. The van der Waals surface area contributed by atoms with E-state index in [0.717, 1.165) is 12.8 Å². The minimum Gasteiger partial charge on any atom is -0.394 e. The first kappa shape index (κ1) is 12.0. The molecule has 0 aromatic rings. The molecular weight excluding hydrogens is 192 g/mol. The quantitative estimate of drug-likeness (QED) is 0.725. The molecule has 0 spiro atoms. The Labute approximate surface area is 90.3 Å². The van der Waals surface area contributed by atoms with E-state index in [2.05, 4.69) is 11.4 Å². The van der Waals surface area contributed by atoms with E-state index in [1.54, 1.807) is 0 Å². The third-order valence-corrected chi connectivity index (χ3v) is 3.15. The van der Waals surface area contributed by atoms with Gasteiger partial charge in [-0.3, -0.25) is 4.79 Å². The number of aliphatic hydroxyl groups excluding tert-OH is 1. The molecule has 0 heterocycles. The highest BCUT2D eigenvalue weighted by Crippen LogP contribution is 2.37. The minimum atomic E-state index is -0.831. The van der Waals surface area contributed by atoms with Crippen molar-refractivity contribution in [1.82, 2.24) is 5.32 Å². The Kier molecular flexibility index (Phi) is 4.10. The first-order valence-corrected chi connectivity index (χ1v) is 5.51. The lowest BCUT2D eigenvalue weighted by Crippen LogP contribution is -2.45. The first-order valence-electron chi connectivity index (χ1n) is 5.51. The summed E-state index contributed by atoms with van der Waals surface area (Å²) < 4.78 is 0. The Hall–Kier alpha value is -1.08. The van der Waals surface area contributed by atoms with Crippen LogP contribution in [0.2, 0.25) is 0 Å². The molecule has 0 aliphatic heterocycles. The van der Waals surface area contributed by atoms with Crippen molar-refractivity contribution >= 4 is 5.91 Å². The third-order valence-electron chi connectivity index (χ3n) is 3.15. The number of carbonyl (C=O) groups excluding carboxylic acids is 1. The summed E-state index contributed by atoms with van der Waals surface area (Å²) in [4.78, 5) is 11.9. The van der Waals surface area contributed by atoms with E-state index in [-0.39, 0.29) is 18.6 Å². The van der Waals surface area contributed by atoms with Crippen molar-refractivity contribution < 1.29 is 9.90 Å². The summed E-state index contributed by atoms with van der Waals surface area (Å²) in [5, 5.41) is 20.8. The average Bonchev–Trinajstić information content (AvgIpc) is 2.75. The molecular formula is C11H18N2O2. The van der Waals surface area contributed by atoms with Gasteiger partial charge in [-0.05, 0) is 19.3 Å². The van der Waals surface area contributed by atoms with Gasteiger partial charge in [-0.15, -0.1) is 0 Å². The number of aliphatic hydroxyl groups is 1. The van der Waals surface area contributed by atoms with Crippen LogP contribution in [0, 0.1) is 16.7 Å². The molecule has 0 aromatic carbocycles. The van der Waals surface area contributed by atoms with Gasteiger partial charge in [-0.25, -0.2) is 0 Å². The Balaban J connectivity index is 2.62. The Morgan fingerprint density at radius 3 is 2.60 bits per heavy atom. The maximum atomic E-state index is 11.9. The summed E-state index contributed by atoms with van der Waals surface area (Å²) in [7, 11) is 0. The fourth-order valence-electron chi connectivity index (χ4n) is 1.97. The largest absolute Gasteiger partial charge is 0.394 e. The Morgan fingerprint density at radius 2 is 2.20 bits per heavy atom. The SMILES string of the molecule is CC[C@@H](CO)NC(=O)C1(C#N)CCCC1. The van der Waals surface area contributed by atoms with Gasteiger partial charge in [0, 0.05) is 0 Å². The fourth-order valence-corrected chi connectivity index (χ4v) is 1.97.